The van der Waals surface area contributed by atoms with Crippen molar-refractivity contribution < 1.29 is 0 Å². The summed E-state index contributed by atoms with van der Waals surface area (Å²) in [5, 5.41) is 7.58. The topological polar surface area (TPSA) is 42.7 Å². The number of rotatable bonds is 6. The minimum Gasteiger partial charge on any atom is -0.312 e. The Morgan fingerprint density at radius 3 is 2.83 bits per heavy atom. The van der Waals surface area contributed by atoms with Crippen LogP contribution in [0.25, 0.3) is 0 Å². The summed E-state index contributed by atoms with van der Waals surface area (Å²) < 4.78 is 1.87. The molecule has 0 radical (unpaired) electrons. The molecule has 0 aliphatic heterocycles. The molecule has 0 amide bonds. The average molecular weight is 244 g/mol. The van der Waals surface area contributed by atoms with E-state index in [0.717, 1.165) is 25.3 Å². The fourth-order valence-electron chi connectivity index (χ4n) is 1.72. The van der Waals surface area contributed by atoms with Crippen LogP contribution in [0, 0.1) is 5.92 Å². The first kappa shape index (κ1) is 12.8. The number of pyridine rings is 1. The molecule has 0 aliphatic carbocycles. The summed E-state index contributed by atoms with van der Waals surface area (Å²) in [4.78, 5) is 4.45. The minimum absolute atomic E-state index is 0.678. The van der Waals surface area contributed by atoms with Crippen LogP contribution in [0.4, 0.5) is 0 Å². The molecule has 0 bridgehead atoms. The molecule has 2 aromatic heterocycles. The van der Waals surface area contributed by atoms with Gasteiger partial charge in [0.05, 0.1) is 12.2 Å². The molecular weight excluding hydrogens is 224 g/mol. The van der Waals surface area contributed by atoms with E-state index in [1.54, 1.807) is 6.20 Å². The van der Waals surface area contributed by atoms with E-state index in [9.17, 15) is 0 Å². The van der Waals surface area contributed by atoms with Gasteiger partial charge in [-0.2, -0.15) is 5.10 Å². The fourth-order valence-corrected chi connectivity index (χ4v) is 1.72. The molecule has 0 saturated heterocycles. The van der Waals surface area contributed by atoms with E-state index in [1.807, 2.05) is 23.1 Å². The normalized spacial score (nSPS) is 11.1. The van der Waals surface area contributed by atoms with Crippen molar-refractivity contribution in [2.45, 2.75) is 26.9 Å². The van der Waals surface area contributed by atoms with E-state index in [0.29, 0.717) is 5.92 Å². The van der Waals surface area contributed by atoms with Gasteiger partial charge in [0.15, 0.2) is 0 Å². The Labute approximate surface area is 108 Å². The molecule has 0 unspecified atom stereocenters. The molecule has 0 saturated carbocycles. The zero-order valence-electron chi connectivity index (χ0n) is 11.0. The molecule has 2 heterocycles. The van der Waals surface area contributed by atoms with Crippen LogP contribution in [0.1, 0.15) is 25.1 Å². The van der Waals surface area contributed by atoms with E-state index in [4.69, 9.17) is 0 Å². The second-order valence-corrected chi connectivity index (χ2v) is 4.89. The van der Waals surface area contributed by atoms with Crippen LogP contribution in [0.2, 0.25) is 0 Å². The average Bonchev–Trinajstić information content (AvgIpc) is 2.84. The summed E-state index contributed by atoms with van der Waals surface area (Å²) in [6.45, 7) is 7.06. The molecule has 0 aromatic carbocycles. The van der Waals surface area contributed by atoms with Crippen molar-refractivity contribution in [2.75, 3.05) is 6.54 Å². The monoisotopic (exact) mass is 244 g/mol. The van der Waals surface area contributed by atoms with Gasteiger partial charge in [0.1, 0.15) is 0 Å². The maximum absolute atomic E-state index is 4.45. The molecule has 96 valence electrons. The second-order valence-electron chi connectivity index (χ2n) is 4.89. The number of nitrogens with zero attached hydrogens (tertiary/aromatic N) is 3. The number of hydrogen-bond donors (Lipinski definition) is 1. The van der Waals surface area contributed by atoms with Gasteiger partial charge in [-0.3, -0.25) is 9.67 Å². The molecule has 0 atom stereocenters. The smallest absolute Gasteiger partial charge is 0.0831 e. The summed E-state index contributed by atoms with van der Waals surface area (Å²) in [5.41, 5.74) is 2.26. The molecule has 0 spiro atoms. The van der Waals surface area contributed by atoms with E-state index in [-0.39, 0.29) is 0 Å². The van der Waals surface area contributed by atoms with E-state index in [1.165, 1.54) is 5.56 Å². The molecule has 2 aromatic rings. The SMILES string of the molecule is CC(C)CNCc1ccc(Cn2cccn2)nc1. The van der Waals surface area contributed by atoms with Crippen LogP contribution in [0.15, 0.2) is 36.8 Å². The maximum atomic E-state index is 4.45. The van der Waals surface area contributed by atoms with Crippen molar-refractivity contribution in [1.82, 2.24) is 20.1 Å². The zero-order chi connectivity index (χ0) is 12.8. The zero-order valence-corrected chi connectivity index (χ0v) is 11.0. The van der Waals surface area contributed by atoms with Gasteiger partial charge >= 0.3 is 0 Å². The van der Waals surface area contributed by atoms with Crippen LogP contribution in [-0.4, -0.2) is 21.3 Å². The Morgan fingerprint density at radius 2 is 2.22 bits per heavy atom. The molecule has 4 nitrogen and oxygen atoms in total. The van der Waals surface area contributed by atoms with Gasteiger partial charge in [-0.15, -0.1) is 0 Å². The lowest BCUT2D eigenvalue weighted by Gasteiger charge is -2.07. The largest absolute Gasteiger partial charge is 0.312 e. The Bertz CT molecular complexity index is 445. The predicted octanol–water partition coefficient (Wildman–Crippen LogP) is 2.07. The van der Waals surface area contributed by atoms with Gasteiger partial charge in [0.2, 0.25) is 0 Å². The van der Waals surface area contributed by atoms with Crippen LogP contribution in [0.5, 0.6) is 0 Å². The summed E-state index contributed by atoms with van der Waals surface area (Å²) in [6, 6.07) is 6.11. The highest BCUT2D eigenvalue weighted by Gasteiger charge is 1.99. The summed E-state index contributed by atoms with van der Waals surface area (Å²) in [5.74, 6) is 0.678. The van der Waals surface area contributed by atoms with Crippen molar-refractivity contribution in [3.8, 4) is 0 Å². The molecule has 18 heavy (non-hydrogen) atoms. The molecule has 0 aliphatic rings. The van der Waals surface area contributed by atoms with Crippen LogP contribution in [0.3, 0.4) is 0 Å². The van der Waals surface area contributed by atoms with Gasteiger partial charge in [0.25, 0.3) is 0 Å². The number of aromatic nitrogens is 3. The molecule has 0 fully saturated rings. The first-order valence-corrected chi connectivity index (χ1v) is 6.36. The summed E-state index contributed by atoms with van der Waals surface area (Å²) in [7, 11) is 0. The standard InChI is InChI=1S/C14H20N4/c1-12(2)8-15-9-13-4-5-14(16-10-13)11-18-7-3-6-17-18/h3-7,10,12,15H,8-9,11H2,1-2H3. The Morgan fingerprint density at radius 1 is 1.33 bits per heavy atom. The minimum atomic E-state index is 0.678. The molecule has 2 rings (SSSR count). The maximum Gasteiger partial charge on any atom is 0.0831 e. The van der Waals surface area contributed by atoms with E-state index < -0.39 is 0 Å². The van der Waals surface area contributed by atoms with Crippen LogP contribution in [-0.2, 0) is 13.1 Å². The van der Waals surface area contributed by atoms with Gasteiger partial charge < -0.3 is 5.32 Å². The second kappa shape index (κ2) is 6.31. The lowest BCUT2D eigenvalue weighted by Crippen LogP contribution is -2.19. The third kappa shape index (κ3) is 3.96. The Kier molecular flexibility index (Phi) is 4.47. The highest BCUT2D eigenvalue weighted by Crippen LogP contribution is 2.02. The van der Waals surface area contributed by atoms with Crippen molar-refractivity contribution in [2.24, 2.45) is 5.92 Å². The summed E-state index contributed by atoms with van der Waals surface area (Å²) >= 11 is 0. The predicted molar refractivity (Wildman–Crippen MR) is 72.1 cm³/mol. The van der Waals surface area contributed by atoms with Crippen LogP contribution < -0.4 is 5.32 Å². The third-order valence-corrected chi connectivity index (χ3v) is 2.65. The van der Waals surface area contributed by atoms with Crippen molar-refractivity contribution >= 4 is 0 Å². The van der Waals surface area contributed by atoms with E-state index >= 15 is 0 Å². The van der Waals surface area contributed by atoms with Crippen molar-refractivity contribution in [3.05, 3.63) is 48.0 Å². The first-order chi connectivity index (χ1) is 8.74. The first-order valence-electron chi connectivity index (χ1n) is 6.36. The van der Waals surface area contributed by atoms with Gasteiger partial charge in [0, 0.05) is 25.1 Å². The van der Waals surface area contributed by atoms with Crippen molar-refractivity contribution in [1.29, 1.82) is 0 Å². The number of hydrogen-bond acceptors (Lipinski definition) is 3. The summed E-state index contributed by atoms with van der Waals surface area (Å²) in [6.07, 6.45) is 5.66. The number of nitrogens with one attached hydrogen (secondary N) is 1. The lowest BCUT2D eigenvalue weighted by molar-refractivity contribution is 0.551. The molecule has 1 N–H and O–H groups in total. The molecule has 4 heteroatoms. The lowest BCUT2D eigenvalue weighted by atomic mass is 10.2. The Balaban J connectivity index is 1.85. The fraction of sp³-hybridized carbons (Fsp3) is 0.429. The van der Waals surface area contributed by atoms with Gasteiger partial charge in [-0.05, 0) is 30.2 Å². The Hall–Kier alpha value is -1.68. The van der Waals surface area contributed by atoms with Gasteiger partial charge in [-0.1, -0.05) is 19.9 Å². The third-order valence-electron chi connectivity index (χ3n) is 2.65. The van der Waals surface area contributed by atoms with Crippen LogP contribution >= 0.6 is 0 Å². The highest BCUT2D eigenvalue weighted by atomic mass is 15.3. The highest BCUT2D eigenvalue weighted by molar-refractivity contribution is 5.14. The molecular formula is C14H20N4. The van der Waals surface area contributed by atoms with Crippen molar-refractivity contribution in [3.63, 3.8) is 0 Å². The van der Waals surface area contributed by atoms with Gasteiger partial charge in [-0.25, -0.2) is 0 Å². The van der Waals surface area contributed by atoms with E-state index in [2.05, 4.69) is 41.4 Å². The quantitative estimate of drug-likeness (QED) is 0.846.